The Morgan fingerprint density at radius 2 is 2.64 bits per heavy atom. The highest BCUT2D eigenvalue weighted by molar-refractivity contribution is 8.00. The SMILES string of the molecule is CCn1nccc1C(O)C1CCCS1. The summed E-state index contributed by atoms with van der Waals surface area (Å²) in [6, 6.07) is 1.92. The topological polar surface area (TPSA) is 38.0 Å². The van der Waals surface area contributed by atoms with Crippen LogP contribution in [0.3, 0.4) is 0 Å². The summed E-state index contributed by atoms with van der Waals surface area (Å²) in [7, 11) is 0. The van der Waals surface area contributed by atoms with E-state index in [1.165, 1.54) is 12.2 Å². The molecule has 78 valence electrons. The summed E-state index contributed by atoms with van der Waals surface area (Å²) >= 11 is 1.88. The van der Waals surface area contributed by atoms with Crippen molar-refractivity contribution in [3.63, 3.8) is 0 Å². The van der Waals surface area contributed by atoms with Crippen LogP contribution >= 0.6 is 11.8 Å². The van der Waals surface area contributed by atoms with Crippen LogP contribution in [-0.4, -0.2) is 25.9 Å². The molecule has 3 nitrogen and oxygen atoms in total. The molecule has 0 amide bonds. The van der Waals surface area contributed by atoms with E-state index in [9.17, 15) is 5.11 Å². The van der Waals surface area contributed by atoms with E-state index >= 15 is 0 Å². The summed E-state index contributed by atoms with van der Waals surface area (Å²) in [6.07, 6.45) is 3.78. The summed E-state index contributed by atoms with van der Waals surface area (Å²) < 4.78 is 1.88. The number of hydrogen-bond donors (Lipinski definition) is 1. The lowest BCUT2D eigenvalue weighted by molar-refractivity contribution is 0.162. The van der Waals surface area contributed by atoms with Crippen molar-refractivity contribution in [1.29, 1.82) is 0 Å². The molecule has 4 heteroatoms. The average molecular weight is 212 g/mol. The van der Waals surface area contributed by atoms with Gasteiger partial charge in [0.1, 0.15) is 6.10 Å². The number of aryl methyl sites for hydroxylation is 1. The molecule has 0 bridgehead atoms. The molecule has 0 spiro atoms. The maximum atomic E-state index is 10.1. The van der Waals surface area contributed by atoms with Gasteiger partial charge in [-0.05, 0) is 31.6 Å². The molecule has 0 radical (unpaired) electrons. The second-order valence-electron chi connectivity index (χ2n) is 3.57. The van der Waals surface area contributed by atoms with Gasteiger partial charge in [0, 0.05) is 18.0 Å². The zero-order chi connectivity index (χ0) is 9.97. The molecular formula is C10H16N2OS. The second-order valence-corrected chi connectivity index (χ2v) is 4.92. The van der Waals surface area contributed by atoms with Crippen molar-refractivity contribution in [3.05, 3.63) is 18.0 Å². The number of thioether (sulfide) groups is 1. The van der Waals surface area contributed by atoms with Gasteiger partial charge < -0.3 is 5.11 Å². The number of rotatable bonds is 3. The van der Waals surface area contributed by atoms with Gasteiger partial charge in [0.15, 0.2) is 0 Å². The Bertz CT molecular complexity index is 294. The molecule has 0 saturated carbocycles. The molecule has 1 fully saturated rings. The molecular weight excluding hydrogens is 196 g/mol. The van der Waals surface area contributed by atoms with Crippen LogP contribution in [0.4, 0.5) is 0 Å². The van der Waals surface area contributed by atoms with Crippen LogP contribution in [0.25, 0.3) is 0 Å². The molecule has 1 N–H and O–H groups in total. The van der Waals surface area contributed by atoms with Gasteiger partial charge >= 0.3 is 0 Å². The second kappa shape index (κ2) is 4.36. The van der Waals surface area contributed by atoms with E-state index in [2.05, 4.69) is 5.10 Å². The van der Waals surface area contributed by atoms with Crippen LogP contribution in [0, 0.1) is 0 Å². The van der Waals surface area contributed by atoms with Crippen LogP contribution < -0.4 is 0 Å². The minimum atomic E-state index is -0.343. The van der Waals surface area contributed by atoms with Crippen LogP contribution in [-0.2, 0) is 6.54 Å². The molecule has 1 aliphatic heterocycles. The van der Waals surface area contributed by atoms with E-state index in [1.807, 2.05) is 29.4 Å². The summed E-state index contributed by atoms with van der Waals surface area (Å²) in [6.45, 7) is 2.88. The molecule has 2 unspecified atom stereocenters. The standard InChI is InChI=1S/C10H16N2OS/c1-2-12-8(5-6-11-12)10(13)9-4-3-7-14-9/h5-6,9-10,13H,2-4,7H2,1H3. The van der Waals surface area contributed by atoms with Gasteiger partial charge in [-0.25, -0.2) is 0 Å². The monoisotopic (exact) mass is 212 g/mol. The van der Waals surface area contributed by atoms with Crippen molar-refractivity contribution in [2.75, 3.05) is 5.75 Å². The minimum Gasteiger partial charge on any atom is -0.386 e. The molecule has 0 aromatic carbocycles. The van der Waals surface area contributed by atoms with Crippen molar-refractivity contribution >= 4 is 11.8 Å². The van der Waals surface area contributed by atoms with Gasteiger partial charge in [-0.1, -0.05) is 0 Å². The third-order valence-electron chi connectivity index (χ3n) is 2.67. The lowest BCUT2D eigenvalue weighted by atomic mass is 10.1. The maximum Gasteiger partial charge on any atom is 0.107 e. The summed E-state index contributed by atoms with van der Waals surface area (Å²) in [4.78, 5) is 0. The molecule has 2 heterocycles. The fourth-order valence-electron chi connectivity index (χ4n) is 1.90. The third-order valence-corrected chi connectivity index (χ3v) is 4.12. The van der Waals surface area contributed by atoms with Crippen molar-refractivity contribution < 1.29 is 5.11 Å². The van der Waals surface area contributed by atoms with Crippen molar-refractivity contribution in [1.82, 2.24) is 9.78 Å². The van der Waals surface area contributed by atoms with E-state index in [4.69, 9.17) is 0 Å². The number of aromatic nitrogens is 2. The zero-order valence-corrected chi connectivity index (χ0v) is 9.20. The van der Waals surface area contributed by atoms with E-state index in [0.717, 1.165) is 18.7 Å². The Kier molecular flexibility index (Phi) is 3.13. The number of aliphatic hydroxyl groups is 1. The van der Waals surface area contributed by atoms with Gasteiger partial charge in [0.05, 0.1) is 5.69 Å². The molecule has 1 aliphatic rings. The first-order chi connectivity index (χ1) is 6.83. The molecule has 1 aromatic rings. The highest BCUT2D eigenvalue weighted by atomic mass is 32.2. The highest BCUT2D eigenvalue weighted by Gasteiger charge is 2.27. The Morgan fingerprint density at radius 1 is 1.79 bits per heavy atom. The Hall–Kier alpha value is -0.480. The first-order valence-electron chi connectivity index (χ1n) is 5.14. The van der Waals surface area contributed by atoms with Crippen molar-refractivity contribution in [2.24, 2.45) is 0 Å². The van der Waals surface area contributed by atoms with Gasteiger partial charge in [-0.3, -0.25) is 4.68 Å². The molecule has 1 saturated heterocycles. The normalized spacial score (nSPS) is 24.0. The largest absolute Gasteiger partial charge is 0.386 e. The average Bonchev–Trinajstić information content (AvgIpc) is 2.87. The summed E-state index contributed by atoms with van der Waals surface area (Å²) in [5, 5.41) is 14.7. The maximum absolute atomic E-state index is 10.1. The van der Waals surface area contributed by atoms with Gasteiger partial charge in [-0.2, -0.15) is 16.9 Å². The van der Waals surface area contributed by atoms with Crippen molar-refractivity contribution in [2.45, 2.75) is 37.7 Å². The Balaban J connectivity index is 2.12. The van der Waals surface area contributed by atoms with Crippen LogP contribution in [0.15, 0.2) is 12.3 Å². The van der Waals surface area contributed by atoms with E-state index in [0.29, 0.717) is 5.25 Å². The fraction of sp³-hybridized carbons (Fsp3) is 0.700. The highest BCUT2D eigenvalue weighted by Crippen LogP contribution is 2.35. The number of hydrogen-bond acceptors (Lipinski definition) is 3. The molecule has 2 rings (SSSR count). The van der Waals surface area contributed by atoms with Crippen LogP contribution in [0.2, 0.25) is 0 Å². The van der Waals surface area contributed by atoms with E-state index in [1.54, 1.807) is 6.20 Å². The van der Waals surface area contributed by atoms with E-state index < -0.39 is 0 Å². The van der Waals surface area contributed by atoms with E-state index in [-0.39, 0.29) is 6.10 Å². The lowest BCUT2D eigenvalue weighted by Gasteiger charge is -2.17. The predicted molar refractivity (Wildman–Crippen MR) is 58.3 cm³/mol. The molecule has 0 aliphatic carbocycles. The van der Waals surface area contributed by atoms with Crippen LogP contribution in [0.1, 0.15) is 31.6 Å². The lowest BCUT2D eigenvalue weighted by Crippen LogP contribution is -2.16. The molecule has 14 heavy (non-hydrogen) atoms. The third kappa shape index (κ3) is 1.81. The molecule has 2 atom stereocenters. The Labute approximate surface area is 88.5 Å². The Morgan fingerprint density at radius 3 is 3.29 bits per heavy atom. The number of aliphatic hydroxyl groups excluding tert-OH is 1. The van der Waals surface area contributed by atoms with Crippen molar-refractivity contribution in [3.8, 4) is 0 Å². The summed E-state index contributed by atoms with van der Waals surface area (Å²) in [5.74, 6) is 1.18. The fourth-order valence-corrected chi connectivity index (χ4v) is 3.19. The zero-order valence-electron chi connectivity index (χ0n) is 8.39. The van der Waals surface area contributed by atoms with Crippen LogP contribution in [0.5, 0.6) is 0 Å². The minimum absolute atomic E-state index is 0.343. The molecule has 1 aromatic heterocycles. The number of nitrogens with zero attached hydrogens (tertiary/aromatic N) is 2. The van der Waals surface area contributed by atoms with Gasteiger partial charge in [0.2, 0.25) is 0 Å². The predicted octanol–water partition coefficient (Wildman–Crippen LogP) is 1.83. The first kappa shape index (κ1) is 10.1. The quantitative estimate of drug-likeness (QED) is 0.830. The summed E-state index contributed by atoms with van der Waals surface area (Å²) in [5.41, 5.74) is 0.965. The smallest absolute Gasteiger partial charge is 0.107 e. The van der Waals surface area contributed by atoms with Gasteiger partial charge in [-0.15, -0.1) is 0 Å². The van der Waals surface area contributed by atoms with Gasteiger partial charge in [0.25, 0.3) is 0 Å². The first-order valence-corrected chi connectivity index (χ1v) is 6.19.